The molecule has 2 heterocycles. The number of thiazole rings is 1. The van der Waals surface area contributed by atoms with E-state index in [1.54, 1.807) is 11.3 Å². The van der Waals surface area contributed by atoms with Crippen LogP contribution < -0.4 is 4.90 Å². The lowest BCUT2D eigenvalue weighted by molar-refractivity contribution is 0.591. The summed E-state index contributed by atoms with van der Waals surface area (Å²) in [6, 6.07) is 6.19. The Labute approximate surface area is 123 Å². The molecule has 0 unspecified atom stereocenters. The molecule has 20 heavy (non-hydrogen) atoms. The topological polar surface area (TPSA) is 50.3 Å². The van der Waals surface area contributed by atoms with Crippen LogP contribution >= 0.6 is 11.3 Å². The van der Waals surface area contributed by atoms with Crippen LogP contribution in [-0.4, -0.2) is 38.0 Å². The average Bonchev–Trinajstić information content (AvgIpc) is 2.93. The number of aryl methyl sites for hydroxylation is 1. The van der Waals surface area contributed by atoms with Crippen LogP contribution in [0.4, 0.5) is 5.13 Å². The first-order chi connectivity index (χ1) is 9.44. The quantitative estimate of drug-likeness (QED) is 0.874. The molecule has 4 nitrogen and oxygen atoms in total. The first-order valence-electron chi connectivity index (χ1n) is 6.74. The Morgan fingerprint density at radius 1 is 1.45 bits per heavy atom. The van der Waals surface area contributed by atoms with Crippen molar-refractivity contribution in [2.75, 3.05) is 23.5 Å². The zero-order chi connectivity index (χ0) is 14.3. The highest BCUT2D eigenvalue weighted by Gasteiger charge is 2.29. The third-order valence-electron chi connectivity index (χ3n) is 3.72. The number of fused-ring (bicyclic) bond motifs is 1. The van der Waals surface area contributed by atoms with Crippen LogP contribution in [0.1, 0.15) is 18.4 Å². The lowest BCUT2D eigenvalue weighted by Gasteiger charge is -2.23. The van der Waals surface area contributed by atoms with Crippen molar-refractivity contribution in [1.29, 1.82) is 0 Å². The van der Waals surface area contributed by atoms with Gasteiger partial charge in [0.05, 0.1) is 16.0 Å². The lowest BCUT2D eigenvalue weighted by atomic mass is 10.2. The van der Waals surface area contributed by atoms with Crippen LogP contribution in [0.3, 0.4) is 0 Å². The minimum atomic E-state index is -2.95. The van der Waals surface area contributed by atoms with E-state index >= 15 is 0 Å². The second-order valence-electron chi connectivity index (χ2n) is 5.50. The van der Waals surface area contributed by atoms with Gasteiger partial charge in [-0.2, -0.15) is 0 Å². The van der Waals surface area contributed by atoms with Crippen molar-refractivity contribution in [3.63, 3.8) is 0 Å². The molecule has 0 N–H and O–H groups in total. The first-order valence-corrected chi connectivity index (χ1v) is 9.62. The lowest BCUT2D eigenvalue weighted by Crippen LogP contribution is -2.34. The van der Waals surface area contributed by atoms with Gasteiger partial charge in [-0.25, -0.2) is 13.4 Å². The van der Waals surface area contributed by atoms with E-state index in [1.165, 1.54) is 16.5 Å². The van der Waals surface area contributed by atoms with Gasteiger partial charge in [0, 0.05) is 18.8 Å². The van der Waals surface area contributed by atoms with Gasteiger partial charge in [-0.3, -0.25) is 0 Å². The van der Waals surface area contributed by atoms with E-state index in [0.717, 1.165) is 30.0 Å². The fraction of sp³-hybridized carbons (Fsp3) is 0.500. The number of rotatable bonds is 3. The zero-order valence-electron chi connectivity index (χ0n) is 11.7. The molecule has 0 amide bonds. The van der Waals surface area contributed by atoms with Gasteiger partial charge < -0.3 is 4.90 Å². The maximum atomic E-state index is 11.5. The van der Waals surface area contributed by atoms with Gasteiger partial charge in [-0.1, -0.05) is 23.5 Å². The molecule has 1 saturated heterocycles. The molecule has 0 saturated carbocycles. The standard InChI is InChI=1S/C14H18N2O2S2/c1-10-5-3-7-12-13(10)19-14(15-12)16-8-4-6-11(16)9-20(2,17)18/h3,5,7,11H,4,6,8-9H2,1-2H3/t11-/m1/s1. The summed E-state index contributed by atoms with van der Waals surface area (Å²) in [4.78, 5) is 6.86. The van der Waals surface area contributed by atoms with Crippen LogP contribution in [0.2, 0.25) is 0 Å². The zero-order valence-corrected chi connectivity index (χ0v) is 13.3. The van der Waals surface area contributed by atoms with Crippen molar-refractivity contribution in [2.45, 2.75) is 25.8 Å². The number of nitrogens with zero attached hydrogens (tertiary/aromatic N) is 2. The SMILES string of the molecule is Cc1cccc2nc(N3CCC[C@@H]3CS(C)(=O)=O)sc12. The van der Waals surface area contributed by atoms with Gasteiger partial charge in [-0.05, 0) is 31.4 Å². The van der Waals surface area contributed by atoms with Gasteiger partial charge in [0.2, 0.25) is 0 Å². The summed E-state index contributed by atoms with van der Waals surface area (Å²) in [7, 11) is -2.95. The maximum absolute atomic E-state index is 11.5. The summed E-state index contributed by atoms with van der Waals surface area (Å²) in [5.74, 6) is 0.224. The Hall–Kier alpha value is -1.14. The third-order valence-corrected chi connectivity index (χ3v) is 5.95. The normalized spacial score (nSPS) is 19.9. The average molecular weight is 310 g/mol. The second-order valence-corrected chi connectivity index (χ2v) is 8.66. The van der Waals surface area contributed by atoms with Crippen molar-refractivity contribution >= 4 is 36.5 Å². The summed E-state index contributed by atoms with van der Waals surface area (Å²) in [5, 5.41) is 0.959. The molecule has 0 radical (unpaired) electrons. The summed E-state index contributed by atoms with van der Waals surface area (Å²) in [5.41, 5.74) is 2.24. The van der Waals surface area contributed by atoms with E-state index in [-0.39, 0.29) is 11.8 Å². The number of benzene rings is 1. The Bertz CT molecular complexity index is 737. The van der Waals surface area contributed by atoms with Crippen molar-refractivity contribution in [1.82, 2.24) is 4.98 Å². The fourth-order valence-corrected chi connectivity index (χ4v) is 4.99. The van der Waals surface area contributed by atoms with Crippen LogP contribution in [0.15, 0.2) is 18.2 Å². The Kier molecular flexibility index (Phi) is 3.46. The number of hydrogen-bond acceptors (Lipinski definition) is 5. The van der Waals surface area contributed by atoms with Crippen molar-refractivity contribution in [2.24, 2.45) is 0 Å². The number of aromatic nitrogens is 1. The van der Waals surface area contributed by atoms with Crippen LogP contribution in [0.5, 0.6) is 0 Å². The third kappa shape index (κ3) is 2.67. The van der Waals surface area contributed by atoms with Crippen molar-refractivity contribution in [3.8, 4) is 0 Å². The molecular formula is C14H18N2O2S2. The minimum absolute atomic E-state index is 0.0749. The first kappa shape index (κ1) is 13.8. The van der Waals surface area contributed by atoms with Gasteiger partial charge in [0.1, 0.15) is 9.84 Å². The molecule has 1 aliphatic rings. The molecule has 0 spiro atoms. The van der Waals surface area contributed by atoms with Crippen LogP contribution in [-0.2, 0) is 9.84 Å². The molecule has 3 rings (SSSR count). The van der Waals surface area contributed by atoms with E-state index in [0.29, 0.717) is 0 Å². The fourth-order valence-electron chi connectivity index (χ4n) is 2.81. The molecule has 6 heteroatoms. The maximum Gasteiger partial charge on any atom is 0.186 e. The van der Waals surface area contributed by atoms with Gasteiger partial charge in [0.25, 0.3) is 0 Å². The molecule has 1 atom stereocenters. The Morgan fingerprint density at radius 3 is 2.95 bits per heavy atom. The largest absolute Gasteiger partial charge is 0.344 e. The van der Waals surface area contributed by atoms with Gasteiger partial charge >= 0.3 is 0 Å². The van der Waals surface area contributed by atoms with Gasteiger partial charge in [-0.15, -0.1) is 0 Å². The van der Waals surface area contributed by atoms with E-state index in [4.69, 9.17) is 0 Å². The number of anilines is 1. The smallest absolute Gasteiger partial charge is 0.186 e. The summed E-state index contributed by atoms with van der Waals surface area (Å²) >= 11 is 1.67. The Balaban J connectivity index is 1.95. The molecule has 0 bridgehead atoms. The minimum Gasteiger partial charge on any atom is -0.344 e. The van der Waals surface area contributed by atoms with Crippen LogP contribution in [0, 0.1) is 6.92 Å². The van der Waals surface area contributed by atoms with E-state index < -0.39 is 9.84 Å². The van der Waals surface area contributed by atoms with E-state index in [2.05, 4.69) is 22.9 Å². The predicted molar refractivity (Wildman–Crippen MR) is 84.4 cm³/mol. The van der Waals surface area contributed by atoms with Crippen molar-refractivity contribution in [3.05, 3.63) is 23.8 Å². The monoisotopic (exact) mass is 310 g/mol. The van der Waals surface area contributed by atoms with Crippen molar-refractivity contribution < 1.29 is 8.42 Å². The molecule has 2 aromatic rings. The number of sulfone groups is 1. The predicted octanol–water partition coefficient (Wildman–Crippen LogP) is 2.62. The van der Waals surface area contributed by atoms with Gasteiger partial charge in [0.15, 0.2) is 5.13 Å². The highest BCUT2D eigenvalue weighted by molar-refractivity contribution is 7.90. The molecule has 1 aliphatic heterocycles. The van der Waals surface area contributed by atoms with Crippen LogP contribution in [0.25, 0.3) is 10.2 Å². The summed E-state index contributed by atoms with van der Waals surface area (Å²) in [6.45, 7) is 2.99. The molecule has 1 aromatic carbocycles. The molecule has 1 fully saturated rings. The summed E-state index contributed by atoms with van der Waals surface area (Å²) < 4.78 is 24.3. The Morgan fingerprint density at radius 2 is 2.25 bits per heavy atom. The summed E-state index contributed by atoms with van der Waals surface area (Å²) in [6.07, 6.45) is 3.28. The molecule has 0 aliphatic carbocycles. The highest BCUT2D eigenvalue weighted by Crippen LogP contribution is 2.34. The highest BCUT2D eigenvalue weighted by atomic mass is 32.2. The molecule has 1 aromatic heterocycles. The van der Waals surface area contributed by atoms with E-state index in [1.807, 2.05) is 12.1 Å². The number of hydrogen-bond donors (Lipinski definition) is 0. The molecule has 108 valence electrons. The second kappa shape index (κ2) is 5.00. The molecular weight excluding hydrogens is 292 g/mol. The van der Waals surface area contributed by atoms with E-state index in [9.17, 15) is 8.42 Å².